The third-order valence-electron chi connectivity index (χ3n) is 3.23. The standard InChI is InChI=1S/C15H16N4O4/c1-3-11-8-13(18(2)9-14(20)21)17-15(16-11)10-4-6-12(7-5-10)19(22)23/h4-8H,3,9H2,1-2H3,(H,20,21). The van der Waals surface area contributed by atoms with Crippen molar-refractivity contribution in [2.75, 3.05) is 18.5 Å². The molecule has 1 aromatic heterocycles. The fourth-order valence-electron chi connectivity index (χ4n) is 2.00. The van der Waals surface area contributed by atoms with Gasteiger partial charge < -0.3 is 10.0 Å². The topological polar surface area (TPSA) is 109 Å². The van der Waals surface area contributed by atoms with Gasteiger partial charge in [-0.25, -0.2) is 9.97 Å². The Morgan fingerprint density at radius 3 is 2.48 bits per heavy atom. The minimum Gasteiger partial charge on any atom is -0.480 e. The number of nitrogens with zero attached hydrogens (tertiary/aromatic N) is 4. The van der Waals surface area contributed by atoms with E-state index in [0.717, 1.165) is 5.69 Å². The summed E-state index contributed by atoms with van der Waals surface area (Å²) in [5.74, 6) is -0.0554. The fourth-order valence-corrected chi connectivity index (χ4v) is 2.00. The van der Waals surface area contributed by atoms with Crippen molar-refractivity contribution >= 4 is 17.5 Å². The van der Waals surface area contributed by atoms with Gasteiger partial charge in [-0.3, -0.25) is 14.9 Å². The highest BCUT2D eigenvalue weighted by Crippen LogP contribution is 2.22. The van der Waals surface area contributed by atoms with E-state index in [-0.39, 0.29) is 12.2 Å². The number of likely N-dealkylation sites (N-methyl/N-ethyl adjacent to an activating group) is 1. The van der Waals surface area contributed by atoms with Crippen LogP contribution in [-0.2, 0) is 11.2 Å². The predicted molar refractivity (Wildman–Crippen MR) is 84.4 cm³/mol. The van der Waals surface area contributed by atoms with Crippen LogP contribution in [0.4, 0.5) is 11.5 Å². The minimum absolute atomic E-state index is 0.0105. The zero-order valence-electron chi connectivity index (χ0n) is 12.8. The number of carboxylic acid groups (broad SMARTS) is 1. The van der Waals surface area contributed by atoms with Crippen LogP contribution in [-0.4, -0.2) is 39.6 Å². The molecule has 8 heteroatoms. The molecule has 0 amide bonds. The molecule has 23 heavy (non-hydrogen) atoms. The molecular formula is C15H16N4O4. The highest BCUT2D eigenvalue weighted by molar-refractivity contribution is 5.73. The van der Waals surface area contributed by atoms with E-state index in [0.29, 0.717) is 23.6 Å². The van der Waals surface area contributed by atoms with Gasteiger partial charge in [0, 0.05) is 36.5 Å². The molecule has 0 saturated heterocycles. The molecule has 2 aromatic rings. The van der Waals surface area contributed by atoms with Gasteiger partial charge in [0.1, 0.15) is 12.4 Å². The molecule has 0 aliphatic rings. The van der Waals surface area contributed by atoms with Crippen molar-refractivity contribution in [3.63, 3.8) is 0 Å². The Bertz CT molecular complexity index is 731. The summed E-state index contributed by atoms with van der Waals surface area (Å²) in [6, 6.07) is 7.66. The molecule has 0 radical (unpaired) electrons. The van der Waals surface area contributed by atoms with Gasteiger partial charge in [-0.2, -0.15) is 0 Å². The second-order valence-electron chi connectivity index (χ2n) is 4.95. The lowest BCUT2D eigenvalue weighted by molar-refractivity contribution is -0.384. The number of aromatic nitrogens is 2. The monoisotopic (exact) mass is 316 g/mol. The van der Waals surface area contributed by atoms with Crippen molar-refractivity contribution in [1.29, 1.82) is 0 Å². The van der Waals surface area contributed by atoms with Crippen LogP contribution in [0.15, 0.2) is 30.3 Å². The molecule has 1 N–H and O–H groups in total. The van der Waals surface area contributed by atoms with Gasteiger partial charge in [-0.15, -0.1) is 0 Å². The Balaban J connectivity index is 2.41. The summed E-state index contributed by atoms with van der Waals surface area (Å²) in [5, 5.41) is 19.6. The average Bonchev–Trinajstić information content (AvgIpc) is 2.53. The lowest BCUT2D eigenvalue weighted by atomic mass is 10.2. The largest absolute Gasteiger partial charge is 0.480 e. The molecule has 0 aliphatic carbocycles. The number of aliphatic carboxylic acids is 1. The number of anilines is 1. The smallest absolute Gasteiger partial charge is 0.323 e. The molecule has 0 unspecified atom stereocenters. The summed E-state index contributed by atoms with van der Waals surface area (Å²) in [6.45, 7) is 1.75. The van der Waals surface area contributed by atoms with Crippen molar-refractivity contribution in [1.82, 2.24) is 9.97 Å². The molecule has 120 valence electrons. The normalized spacial score (nSPS) is 10.3. The highest BCUT2D eigenvalue weighted by atomic mass is 16.6. The second-order valence-corrected chi connectivity index (χ2v) is 4.95. The van der Waals surface area contributed by atoms with E-state index in [1.165, 1.54) is 17.0 Å². The first-order chi connectivity index (χ1) is 10.9. The lowest BCUT2D eigenvalue weighted by Crippen LogP contribution is -2.26. The summed E-state index contributed by atoms with van der Waals surface area (Å²) in [5.41, 5.74) is 1.39. The molecule has 0 saturated carbocycles. The first kappa shape index (κ1) is 16.3. The number of hydrogen-bond acceptors (Lipinski definition) is 6. The molecule has 2 rings (SSSR count). The van der Waals surface area contributed by atoms with Gasteiger partial charge in [0.25, 0.3) is 5.69 Å². The molecule has 0 bridgehead atoms. The lowest BCUT2D eigenvalue weighted by Gasteiger charge is -2.17. The molecular weight excluding hydrogens is 300 g/mol. The van der Waals surface area contributed by atoms with Gasteiger partial charge in [0.05, 0.1) is 4.92 Å². The maximum absolute atomic E-state index is 10.8. The third kappa shape index (κ3) is 4.00. The van der Waals surface area contributed by atoms with Gasteiger partial charge in [-0.1, -0.05) is 6.92 Å². The maximum Gasteiger partial charge on any atom is 0.323 e. The van der Waals surface area contributed by atoms with Crippen LogP contribution in [0.3, 0.4) is 0 Å². The quantitative estimate of drug-likeness (QED) is 0.642. The van der Waals surface area contributed by atoms with E-state index in [9.17, 15) is 14.9 Å². The SMILES string of the molecule is CCc1cc(N(C)CC(=O)O)nc(-c2ccc([N+](=O)[O-])cc2)n1. The van der Waals surface area contributed by atoms with E-state index in [1.54, 1.807) is 25.2 Å². The van der Waals surface area contributed by atoms with Crippen LogP contribution >= 0.6 is 0 Å². The van der Waals surface area contributed by atoms with Crippen LogP contribution in [0, 0.1) is 10.1 Å². The number of hydrogen-bond donors (Lipinski definition) is 1. The maximum atomic E-state index is 10.8. The number of nitro benzene ring substituents is 1. The van der Waals surface area contributed by atoms with Gasteiger partial charge in [0.2, 0.25) is 0 Å². The molecule has 0 aliphatic heterocycles. The van der Waals surface area contributed by atoms with Crippen molar-refractivity contribution in [3.05, 3.63) is 46.1 Å². The summed E-state index contributed by atoms with van der Waals surface area (Å²) >= 11 is 0. The fraction of sp³-hybridized carbons (Fsp3) is 0.267. The Labute approximate surface area is 132 Å². The van der Waals surface area contributed by atoms with E-state index in [2.05, 4.69) is 9.97 Å². The zero-order valence-corrected chi connectivity index (χ0v) is 12.8. The average molecular weight is 316 g/mol. The summed E-state index contributed by atoms with van der Waals surface area (Å²) < 4.78 is 0. The van der Waals surface area contributed by atoms with Crippen molar-refractivity contribution < 1.29 is 14.8 Å². The number of nitro groups is 1. The number of aryl methyl sites for hydroxylation is 1. The zero-order chi connectivity index (χ0) is 17.0. The van der Waals surface area contributed by atoms with Crippen LogP contribution in [0.25, 0.3) is 11.4 Å². The van der Waals surface area contributed by atoms with E-state index in [4.69, 9.17) is 5.11 Å². The number of rotatable bonds is 6. The number of non-ortho nitro benzene ring substituents is 1. The Kier molecular flexibility index (Phi) is 4.85. The van der Waals surface area contributed by atoms with Crippen LogP contribution < -0.4 is 4.90 Å². The predicted octanol–water partition coefficient (Wildman–Crippen LogP) is 2.13. The number of benzene rings is 1. The van der Waals surface area contributed by atoms with Gasteiger partial charge in [0.15, 0.2) is 5.82 Å². The molecule has 0 fully saturated rings. The van der Waals surface area contributed by atoms with Crippen molar-refractivity contribution in [2.24, 2.45) is 0 Å². The third-order valence-corrected chi connectivity index (χ3v) is 3.23. The van der Waals surface area contributed by atoms with Crippen LogP contribution in [0.2, 0.25) is 0 Å². The summed E-state index contributed by atoms with van der Waals surface area (Å²) in [7, 11) is 1.63. The highest BCUT2D eigenvalue weighted by Gasteiger charge is 2.13. The molecule has 0 atom stereocenters. The minimum atomic E-state index is -0.957. The van der Waals surface area contributed by atoms with E-state index < -0.39 is 10.9 Å². The van der Waals surface area contributed by atoms with Gasteiger partial charge in [-0.05, 0) is 18.6 Å². The Morgan fingerprint density at radius 2 is 1.96 bits per heavy atom. The Morgan fingerprint density at radius 1 is 1.30 bits per heavy atom. The molecule has 1 heterocycles. The number of carbonyl (C=O) groups is 1. The van der Waals surface area contributed by atoms with E-state index >= 15 is 0 Å². The molecule has 1 aromatic carbocycles. The van der Waals surface area contributed by atoms with Crippen molar-refractivity contribution in [2.45, 2.75) is 13.3 Å². The summed E-state index contributed by atoms with van der Waals surface area (Å²) in [6.07, 6.45) is 0.663. The van der Waals surface area contributed by atoms with Gasteiger partial charge >= 0.3 is 5.97 Å². The first-order valence-corrected chi connectivity index (χ1v) is 6.96. The van der Waals surface area contributed by atoms with Crippen LogP contribution in [0.5, 0.6) is 0 Å². The molecule has 8 nitrogen and oxygen atoms in total. The second kappa shape index (κ2) is 6.82. The van der Waals surface area contributed by atoms with Crippen LogP contribution in [0.1, 0.15) is 12.6 Å². The molecule has 0 spiro atoms. The summed E-state index contributed by atoms with van der Waals surface area (Å²) in [4.78, 5) is 31.4. The first-order valence-electron chi connectivity index (χ1n) is 6.96. The van der Waals surface area contributed by atoms with Crippen molar-refractivity contribution in [3.8, 4) is 11.4 Å². The Hall–Kier alpha value is -3.03. The van der Waals surface area contributed by atoms with E-state index in [1.807, 2.05) is 6.92 Å². The number of carboxylic acids is 1.